The highest BCUT2D eigenvalue weighted by Gasteiger charge is 2.48. The summed E-state index contributed by atoms with van der Waals surface area (Å²) in [5.74, 6) is 0.346. The third-order valence-electron chi connectivity index (χ3n) is 3.51. The number of thioether (sulfide) groups is 1. The summed E-state index contributed by atoms with van der Waals surface area (Å²) in [7, 11) is -2.96. The van der Waals surface area contributed by atoms with Crippen LogP contribution in [-0.4, -0.2) is 36.4 Å². The van der Waals surface area contributed by atoms with E-state index in [2.05, 4.69) is 15.9 Å². The minimum absolute atomic E-state index is 0.00135. The molecule has 2 fully saturated rings. The Morgan fingerprint density at radius 3 is 2.84 bits per heavy atom. The van der Waals surface area contributed by atoms with Crippen molar-refractivity contribution >= 4 is 48.4 Å². The predicted octanol–water partition coefficient (Wildman–Crippen LogP) is 2.41. The molecule has 19 heavy (non-hydrogen) atoms. The molecule has 0 unspecified atom stereocenters. The smallest absolute Gasteiger partial charge is 0.161 e. The van der Waals surface area contributed by atoms with Crippen LogP contribution < -0.4 is 4.90 Å². The summed E-state index contributed by atoms with van der Waals surface area (Å²) in [6, 6.07) is 5.77. The maximum atomic E-state index is 11.7. The second-order valence-electron chi connectivity index (χ2n) is 4.91. The van der Waals surface area contributed by atoms with E-state index in [1.807, 2.05) is 30.0 Å². The number of hydrogen-bond acceptors (Lipinski definition) is 4. The third kappa shape index (κ3) is 2.32. The van der Waals surface area contributed by atoms with Gasteiger partial charge in [-0.3, -0.25) is 5.41 Å². The summed E-state index contributed by atoms with van der Waals surface area (Å²) < 4.78 is 24.5. The number of rotatable bonds is 1. The van der Waals surface area contributed by atoms with Gasteiger partial charge in [0.15, 0.2) is 15.0 Å². The molecule has 4 nitrogen and oxygen atoms in total. The molecule has 0 aromatic heterocycles. The summed E-state index contributed by atoms with van der Waals surface area (Å²) >= 11 is 4.82. The molecule has 0 bridgehead atoms. The standard InChI is InChI=1S/C12H13BrN2O2S2/c1-7-4-8(2-3-9(7)13)15-10-5-19(16,17)6-11(10)18-12(15)14/h2-4,10-11,14H,5-6H2,1H3/t10-,11+/m0/s1. The number of hydrogen-bond donors (Lipinski definition) is 1. The number of halogens is 1. The summed E-state index contributed by atoms with van der Waals surface area (Å²) in [5, 5.41) is 8.53. The number of nitrogens with one attached hydrogen (secondary N) is 1. The Morgan fingerprint density at radius 1 is 1.42 bits per heavy atom. The maximum Gasteiger partial charge on any atom is 0.161 e. The van der Waals surface area contributed by atoms with Crippen LogP contribution in [0.5, 0.6) is 0 Å². The van der Waals surface area contributed by atoms with Crippen molar-refractivity contribution < 1.29 is 8.42 Å². The van der Waals surface area contributed by atoms with E-state index in [9.17, 15) is 8.42 Å². The molecule has 2 heterocycles. The molecule has 1 N–H and O–H groups in total. The Bertz CT molecular complexity index is 660. The fourth-order valence-electron chi connectivity index (χ4n) is 2.59. The number of nitrogens with zero attached hydrogens (tertiary/aromatic N) is 1. The fraction of sp³-hybridized carbons (Fsp3) is 0.417. The van der Waals surface area contributed by atoms with E-state index in [-0.39, 0.29) is 22.8 Å². The Balaban J connectivity index is 1.99. The molecule has 2 atom stereocenters. The van der Waals surface area contributed by atoms with Crippen LogP contribution in [0.15, 0.2) is 22.7 Å². The molecule has 0 aliphatic carbocycles. The molecule has 2 aliphatic rings. The average molecular weight is 361 g/mol. The lowest BCUT2D eigenvalue weighted by molar-refractivity contribution is 0.601. The number of amidine groups is 1. The van der Waals surface area contributed by atoms with Crippen molar-refractivity contribution in [2.75, 3.05) is 16.4 Å². The lowest BCUT2D eigenvalue weighted by Crippen LogP contribution is -2.37. The van der Waals surface area contributed by atoms with Crippen LogP contribution in [0.4, 0.5) is 5.69 Å². The normalized spacial score (nSPS) is 28.7. The zero-order valence-electron chi connectivity index (χ0n) is 10.3. The fourth-order valence-corrected chi connectivity index (χ4v) is 6.63. The summed E-state index contributed by atoms with van der Waals surface area (Å²) in [4.78, 5) is 1.86. The van der Waals surface area contributed by atoms with Gasteiger partial charge in [-0.05, 0) is 30.7 Å². The number of benzene rings is 1. The second kappa shape index (κ2) is 4.49. The summed E-state index contributed by atoms with van der Waals surface area (Å²) in [5.41, 5.74) is 1.99. The number of anilines is 1. The van der Waals surface area contributed by atoms with Crippen molar-refractivity contribution in [2.24, 2.45) is 0 Å². The van der Waals surface area contributed by atoms with Crippen molar-refractivity contribution in [3.63, 3.8) is 0 Å². The molecule has 0 spiro atoms. The first kappa shape index (κ1) is 13.5. The van der Waals surface area contributed by atoms with Crippen LogP contribution in [-0.2, 0) is 9.84 Å². The Labute approximate surface area is 125 Å². The van der Waals surface area contributed by atoms with Gasteiger partial charge < -0.3 is 4.90 Å². The van der Waals surface area contributed by atoms with E-state index >= 15 is 0 Å². The van der Waals surface area contributed by atoms with Crippen molar-refractivity contribution in [2.45, 2.75) is 18.2 Å². The molecule has 0 amide bonds. The van der Waals surface area contributed by atoms with Crippen LogP contribution in [0.2, 0.25) is 0 Å². The first-order valence-electron chi connectivity index (χ1n) is 5.88. The van der Waals surface area contributed by atoms with Crippen molar-refractivity contribution in [3.05, 3.63) is 28.2 Å². The zero-order valence-corrected chi connectivity index (χ0v) is 13.5. The maximum absolute atomic E-state index is 11.7. The zero-order chi connectivity index (χ0) is 13.8. The summed E-state index contributed by atoms with van der Waals surface area (Å²) in [6.07, 6.45) is 0. The highest BCUT2D eigenvalue weighted by atomic mass is 79.9. The van der Waals surface area contributed by atoms with Gasteiger partial charge in [0.1, 0.15) is 0 Å². The molecular weight excluding hydrogens is 348 g/mol. The van der Waals surface area contributed by atoms with Gasteiger partial charge >= 0.3 is 0 Å². The Morgan fingerprint density at radius 2 is 2.16 bits per heavy atom. The van der Waals surface area contributed by atoms with Gasteiger partial charge in [0.05, 0.1) is 17.5 Å². The highest BCUT2D eigenvalue weighted by Crippen LogP contribution is 2.40. The van der Waals surface area contributed by atoms with Gasteiger partial charge in [-0.1, -0.05) is 27.7 Å². The highest BCUT2D eigenvalue weighted by molar-refractivity contribution is 9.10. The Hall–Kier alpha value is -0.530. The van der Waals surface area contributed by atoms with Crippen LogP contribution in [0.1, 0.15) is 5.56 Å². The first-order valence-corrected chi connectivity index (χ1v) is 9.38. The van der Waals surface area contributed by atoms with Crippen molar-refractivity contribution in [1.82, 2.24) is 0 Å². The topological polar surface area (TPSA) is 61.2 Å². The van der Waals surface area contributed by atoms with E-state index in [4.69, 9.17) is 5.41 Å². The van der Waals surface area contributed by atoms with Crippen LogP contribution in [0.25, 0.3) is 0 Å². The lowest BCUT2D eigenvalue weighted by atomic mass is 10.1. The Kier molecular flexibility index (Phi) is 3.18. The number of aryl methyl sites for hydroxylation is 1. The molecule has 7 heteroatoms. The molecule has 0 radical (unpaired) electrons. The monoisotopic (exact) mass is 360 g/mol. The minimum atomic E-state index is -2.96. The van der Waals surface area contributed by atoms with Crippen LogP contribution in [0.3, 0.4) is 0 Å². The molecule has 1 aromatic carbocycles. The van der Waals surface area contributed by atoms with Crippen molar-refractivity contribution in [1.29, 1.82) is 5.41 Å². The van der Waals surface area contributed by atoms with Gasteiger partial charge in [-0.25, -0.2) is 8.42 Å². The summed E-state index contributed by atoms with van der Waals surface area (Å²) in [6.45, 7) is 1.99. The first-order chi connectivity index (χ1) is 8.87. The van der Waals surface area contributed by atoms with Gasteiger partial charge in [0.2, 0.25) is 0 Å². The van der Waals surface area contributed by atoms with Crippen LogP contribution in [0, 0.1) is 12.3 Å². The van der Waals surface area contributed by atoms with Crippen LogP contribution >= 0.6 is 27.7 Å². The van der Waals surface area contributed by atoms with Gasteiger partial charge in [-0.15, -0.1) is 0 Å². The molecule has 3 rings (SSSR count). The van der Waals surface area contributed by atoms with E-state index in [1.54, 1.807) is 0 Å². The molecule has 2 aliphatic heterocycles. The molecular formula is C12H13BrN2O2S2. The molecule has 0 saturated carbocycles. The molecule has 102 valence electrons. The van der Waals surface area contributed by atoms with Gasteiger partial charge in [0.25, 0.3) is 0 Å². The quantitative estimate of drug-likeness (QED) is 0.835. The van der Waals surface area contributed by atoms with Crippen molar-refractivity contribution in [3.8, 4) is 0 Å². The van der Waals surface area contributed by atoms with E-state index in [0.29, 0.717) is 5.17 Å². The number of fused-ring (bicyclic) bond motifs is 1. The predicted molar refractivity (Wildman–Crippen MR) is 82.9 cm³/mol. The second-order valence-corrected chi connectivity index (χ2v) is 9.15. The largest absolute Gasteiger partial charge is 0.316 e. The molecule has 1 aromatic rings. The number of sulfone groups is 1. The van der Waals surface area contributed by atoms with Gasteiger partial charge in [-0.2, -0.15) is 0 Å². The van der Waals surface area contributed by atoms with Gasteiger partial charge in [0, 0.05) is 15.4 Å². The SMILES string of the molecule is Cc1cc(N2C(=N)S[C@@H]3CS(=O)(=O)C[C@@H]32)ccc1Br. The van der Waals surface area contributed by atoms with E-state index in [1.165, 1.54) is 11.8 Å². The minimum Gasteiger partial charge on any atom is -0.316 e. The lowest BCUT2D eigenvalue weighted by Gasteiger charge is -2.24. The van der Waals surface area contributed by atoms with E-state index in [0.717, 1.165) is 15.7 Å². The molecule has 2 saturated heterocycles. The third-order valence-corrected chi connectivity index (χ3v) is 7.53. The average Bonchev–Trinajstić information content (AvgIpc) is 2.73. The van der Waals surface area contributed by atoms with E-state index < -0.39 is 9.84 Å².